The Hall–Kier alpha value is -1.68. The van der Waals surface area contributed by atoms with E-state index < -0.39 is 6.04 Å². The van der Waals surface area contributed by atoms with E-state index in [1.807, 2.05) is 0 Å². The van der Waals surface area contributed by atoms with Gasteiger partial charge >= 0.3 is 0 Å². The Balaban J connectivity index is 2.69. The van der Waals surface area contributed by atoms with Crippen molar-refractivity contribution in [2.75, 3.05) is 5.32 Å². The van der Waals surface area contributed by atoms with Crippen LogP contribution in [-0.4, -0.2) is 11.9 Å². The minimum Gasteiger partial charge on any atom is -0.325 e. The first-order chi connectivity index (χ1) is 7.54. The van der Waals surface area contributed by atoms with E-state index in [0.717, 1.165) is 0 Å². The number of nitrogens with one attached hydrogen (secondary N) is 1. The van der Waals surface area contributed by atoms with Crippen molar-refractivity contribution in [3.63, 3.8) is 0 Å². The van der Waals surface area contributed by atoms with Crippen LogP contribution in [0.1, 0.15) is 12.0 Å². The van der Waals surface area contributed by atoms with Crippen LogP contribution in [0.15, 0.2) is 30.9 Å². The third kappa shape index (κ3) is 3.17. The van der Waals surface area contributed by atoms with Crippen LogP contribution in [0.25, 0.3) is 0 Å². The van der Waals surface area contributed by atoms with E-state index in [0.29, 0.717) is 17.7 Å². The third-order valence-electron chi connectivity index (χ3n) is 2.20. The van der Waals surface area contributed by atoms with Crippen molar-refractivity contribution in [1.29, 1.82) is 0 Å². The monoisotopic (exact) mass is 222 g/mol. The quantitative estimate of drug-likeness (QED) is 0.765. The molecular weight excluding hydrogens is 207 g/mol. The number of halogens is 1. The van der Waals surface area contributed by atoms with Gasteiger partial charge < -0.3 is 11.1 Å². The molecule has 3 nitrogen and oxygen atoms in total. The molecule has 4 heteroatoms. The van der Waals surface area contributed by atoms with Crippen molar-refractivity contribution in [2.24, 2.45) is 5.73 Å². The SMILES string of the molecule is C=CCC(N)C(=O)Nc1ccc(C)c(F)c1. The Morgan fingerprint density at radius 3 is 2.94 bits per heavy atom. The number of carbonyl (C=O) groups excluding carboxylic acids is 1. The number of rotatable bonds is 4. The lowest BCUT2D eigenvalue weighted by molar-refractivity contribution is -0.117. The van der Waals surface area contributed by atoms with Gasteiger partial charge in [-0.3, -0.25) is 4.79 Å². The molecule has 0 spiro atoms. The molecule has 0 bridgehead atoms. The molecule has 1 atom stereocenters. The van der Waals surface area contributed by atoms with E-state index in [1.165, 1.54) is 6.07 Å². The Morgan fingerprint density at radius 1 is 1.69 bits per heavy atom. The van der Waals surface area contributed by atoms with Gasteiger partial charge in [0.1, 0.15) is 5.82 Å². The maximum atomic E-state index is 13.2. The molecule has 0 aliphatic rings. The zero-order chi connectivity index (χ0) is 12.1. The molecule has 1 rings (SSSR count). The fourth-order valence-electron chi connectivity index (χ4n) is 1.19. The molecule has 16 heavy (non-hydrogen) atoms. The van der Waals surface area contributed by atoms with Gasteiger partial charge in [-0.25, -0.2) is 4.39 Å². The topological polar surface area (TPSA) is 55.1 Å². The normalized spacial score (nSPS) is 11.9. The van der Waals surface area contributed by atoms with E-state index in [4.69, 9.17) is 5.73 Å². The summed E-state index contributed by atoms with van der Waals surface area (Å²) < 4.78 is 13.2. The van der Waals surface area contributed by atoms with Crippen LogP contribution in [0, 0.1) is 12.7 Å². The van der Waals surface area contributed by atoms with Gasteiger partial charge in [0.05, 0.1) is 6.04 Å². The highest BCUT2D eigenvalue weighted by Gasteiger charge is 2.12. The minimum atomic E-state index is -0.651. The largest absolute Gasteiger partial charge is 0.325 e. The van der Waals surface area contributed by atoms with Crippen LogP contribution in [-0.2, 0) is 4.79 Å². The van der Waals surface area contributed by atoms with Crippen molar-refractivity contribution in [1.82, 2.24) is 0 Å². The molecule has 0 aromatic heterocycles. The van der Waals surface area contributed by atoms with Crippen molar-refractivity contribution in [3.8, 4) is 0 Å². The zero-order valence-electron chi connectivity index (χ0n) is 9.16. The second kappa shape index (κ2) is 5.42. The van der Waals surface area contributed by atoms with Crippen LogP contribution in [0.4, 0.5) is 10.1 Å². The number of benzene rings is 1. The number of aryl methyl sites for hydroxylation is 1. The van der Waals surface area contributed by atoms with E-state index in [2.05, 4.69) is 11.9 Å². The highest BCUT2D eigenvalue weighted by Crippen LogP contribution is 2.13. The number of hydrogen-bond donors (Lipinski definition) is 2. The first-order valence-electron chi connectivity index (χ1n) is 4.98. The van der Waals surface area contributed by atoms with Crippen molar-refractivity contribution >= 4 is 11.6 Å². The van der Waals surface area contributed by atoms with Gasteiger partial charge in [0.2, 0.25) is 5.91 Å². The van der Waals surface area contributed by atoms with Gasteiger partial charge in [0.15, 0.2) is 0 Å². The Kier molecular flexibility index (Phi) is 4.19. The highest BCUT2D eigenvalue weighted by atomic mass is 19.1. The molecule has 1 amide bonds. The molecule has 86 valence electrons. The smallest absolute Gasteiger partial charge is 0.241 e. The molecule has 0 aliphatic carbocycles. The third-order valence-corrected chi connectivity index (χ3v) is 2.20. The lowest BCUT2D eigenvalue weighted by atomic mass is 10.2. The van der Waals surface area contributed by atoms with Crippen LogP contribution in [0.2, 0.25) is 0 Å². The van der Waals surface area contributed by atoms with Crippen molar-refractivity contribution in [2.45, 2.75) is 19.4 Å². The summed E-state index contributed by atoms with van der Waals surface area (Å²) in [5.74, 6) is -0.696. The lowest BCUT2D eigenvalue weighted by Gasteiger charge is -2.10. The summed E-state index contributed by atoms with van der Waals surface area (Å²) >= 11 is 0. The molecule has 1 unspecified atom stereocenters. The van der Waals surface area contributed by atoms with Crippen LogP contribution in [0.3, 0.4) is 0 Å². The van der Waals surface area contributed by atoms with Gasteiger partial charge in [-0.2, -0.15) is 0 Å². The molecule has 0 saturated heterocycles. The van der Waals surface area contributed by atoms with E-state index in [9.17, 15) is 9.18 Å². The van der Waals surface area contributed by atoms with Gasteiger partial charge in [-0.1, -0.05) is 12.1 Å². The lowest BCUT2D eigenvalue weighted by Crippen LogP contribution is -2.35. The summed E-state index contributed by atoms with van der Waals surface area (Å²) in [4.78, 5) is 11.5. The predicted octanol–water partition coefficient (Wildman–Crippen LogP) is 1.98. The maximum Gasteiger partial charge on any atom is 0.241 e. The van der Waals surface area contributed by atoms with Crippen LogP contribution < -0.4 is 11.1 Å². The maximum absolute atomic E-state index is 13.2. The summed E-state index contributed by atoms with van der Waals surface area (Å²) in [5.41, 5.74) is 6.51. The van der Waals surface area contributed by atoms with E-state index in [-0.39, 0.29) is 11.7 Å². The zero-order valence-corrected chi connectivity index (χ0v) is 9.16. The fourth-order valence-corrected chi connectivity index (χ4v) is 1.19. The summed E-state index contributed by atoms with van der Waals surface area (Å²) in [6.45, 7) is 5.15. The number of amides is 1. The van der Waals surface area contributed by atoms with Crippen LogP contribution in [0.5, 0.6) is 0 Å². The summed E-state index contributed by atoms with van der Waals surface area (Å²) in [7, 11) is 0. The highest BCUT2D eigenvalue weighted by molar-refractivity contribution is 5.94. The van der Waals surface area contributed by atoms with Gasteiger partial charge in [-0.05, 0) is 31.0 Å². The summed E-state index contributed by atoms with van der Waals surface area (Å²) in [6.07, 6.45) is 1.96. The van der Waals surface area contributed by atoms with Crippen molar-refractivity contribution < 1.29 is 9.18 Å². The van der Waals surface area contributed by atoms with Crippen molar-refractivity contribution in [3.05, 3.63) is 42.2 Å². The molecule has 0 fully saturated rings. The molecule has 0 saturated carbocycles. The Labute approximate surface area is 94.1 Å². The molecule has 1 aromatic carbocycles. The minimum absolute atomic E-state index is 0.344. The molecule has 0 aliphatic heterocycles. The molecule has 0 heterocycles. The molecule has 0 radical (unpaired) electrons. The Morgan fingerprint density at radius 2 is 2.38 bits per heavy atom. The molecule has 3 N–H and O–H groups in total. The summed E-state index contributed by atoms with van der Waals surface area (Å²) in [6, 6.07) is 3.86. The van der Waals surface area contributed by atoms with Gasteiger partial charge in [-0.15, -0.1) is 6.58 Å². The van der Waals surface area contributed by atoms with Crippen LogP contribution >= 0.6 is 0 Å². The van der Waals surface area contributed by atoms with Gasteiger partial charge in [0.25, 0.3) is 0 Å². The second-order valence-corrected chi connectivity index (χ2v) is 3.58. The number of anilines is 1. The first kappa shape index (κ1) is 12.4. The Bertz CT molecular complexity index is 404. The molecule has 1 aromatic rings. The number of carbonyl (C=O) groups is 1. The second-order valence-electron chi connectivity index (χ2n) is 3.58. The fraction of sp³-hybridized carbons (Fsp3) is 0.250. The number of hydrogen-bond acceptors (Lipinski definition) is 2. The predicted molar refractivity (Wildman–Crippen MR) is 62.6 cm³/mol. The number of nitrogens with two attached hydrogens (primary N) is 1. The summed E-state index contributed by atoms with van der Waals surface area (Å²) in [5, 5.41) is 2.54. The average molecular weight is 222 g/mol. The van der Waals surface area contributed by atoms with E-state index in [1.54, 1.807) is 25.1 Å². The van der Waals surface area contributed by atoms with E-state index >= 15 is 0 Å². The standard InChI is InChI=1S/C12H15FN2O/c1-3-4-11(14)12(16)15-9-6-5-8(2)10(13)7-9/h3,5-7,11H,1,4,14H2,2H3,(H,15,16). The first-order valence-corrected chi connectivity index (χ1v) is 4.98. The molecular formula is C12H15FN2O. The average Bonchev–Trinajstić information content (AvgIpc) is 2.24. The van der Waals surface area contributed by atoms with Gasteiger partial charge in [0, 0.05) is 5.69 Å².